The molecular weight excluding hydrogens is 368 g/mol. The van der Waals surface area contributed by atoms with E-state index in [9.17, 15) is 9.59 Å². The minimum atomic E-state index is -0.230. The first-order chi connectivity index (χ1) is 13.9. The zero-order chi connectivity index (χ0) is 21.0. The second-order valence-corrected chi connectivity index (χ2v) is 7.94. The van der Waals surface area contributed by atoms with E-state index in [1.807, 2.05) is 24.8 Å². The Balaban J connectivity index is 1.61. The van der Waals surface area contributed by atoms with Gasteiger partial charge in [-0.3, -0.25) is 19.3 Å². The van der Waals surface area contributed by atoms with Gasteiger partial charge in [0.15, 0.2) is 0 Å². The third-order valence-corrected chi connectivity index (χ3v) is 5.28. The fourth-order valence-electron chi connectivity index (χ4n) is 3.55. The van der Waals surface area contributed by atoms with Crippen LogP contribution in [0.3, 0.4) is 0 Å². The number of carbonyl (C=O) groups excluding carboxylic acids is 2. The van der Waals surface area contributed by atoms with Gasteiger partial charge in [0.2, 0.25) is 0 Å². The van der Waals surface area contributed by atoms with E-state index in [1.54, 1.807) is 10.9 Å². The highest BCUT2D eigenvalue weighted by atomic mass is 16.2. The molecule has 156 valence electrons. The number of nitrogens with zero attached hydrogens (tertiary/aromatic N) is 5. The van der Waals surface area contributed by atoms with Crippen LogP contribution in [-0.4, -0.2) is 56.1 Å². The van der Waals surface area contributed by atoms with E-state index in [2.05, 4.69) is 34.2 Å². The van der Waals surface area contributed by atoms with Crippen LogP contribution >= 0.6 is 0 Å². The summed E-state index contributed by atoms with van der Waals surface area (Å²) < 4.78 is 1.79. The quantitative estimate of drug-likeness (QED) is 0.807. The van der Waals surface area contributed by atoms with Crippen LogP contribution in [0.1, 0.15) is 71.9 Å². The van der Waals surface area contributed by atoms with Crippen LogP contribution in [-0.2, 0) is 6.54 Å². The third-order valence-electron chi connectivity index (χ3n) is 5.28. The summed E-state index contributed by atoms with van der Waals surface area (Å²) in [5.41, 5.74) is 2.67. The summed E-state index contributed by atoms with van der Waals surface area (Å²) in [7, 11) is 0. The number of piperidine rings is 1. The van der Waals surface area contributed by atoms with Gasteiger partial charge in [0, 0.05) is 32.4 Å². The first kappa shape index (κ1) is 21.0. The Kier molecular flexibility index (Phi) is 6.61. The maximum atomic E-state index is 13.1. The van der Waals surface area contributed by atoms with Crippen LogP contribution in [0.15, 0.2) is 18.5 Å². The van der Waals surface area contributed by atoms with E-state index in [4.69, 9.17) is 0 Å². The van der Waals surface area contributed by atoms with Crippen molar-refractivity contribution < 1.29 is 9.59 Å². The van der Waals surface area contributed by atoms with Crippen LogP contribution < -0.4 is 5.32 Å². The number of hydrogen-bond acceptors (Lipinski definition) is 5. The Hall–Kier alpha value is -2.77. The lowest BCUT2D eigenvalue weighted by Crippen LogP contribution is -2.44. The SMILES string of the molecule is CCn1nc(C(C)C)cc1C(=O)N1CCCC(CNC(=O)c2cnc(C)cn2)C1. The van der Waals surface area contributed by atoms with Crippen molar-refractivity contribution in [3.8, 4) is 0 Å². The molecular formula is C21H30N6O2. The van der Waals surface area contributed by atoms with Gasteiger partial charge in [-0.25, -0.2) is 4.98 Å². The molecule has 1 fully saturated rings. The smallest absolute Gasteiger partial charge is 0.272 e. The molecule has 0 saturated carbocycles. The average Bonchev–Trinajstić information content (AvgIpc) is 3.17. The highest BCUT2D eigenvalue weighted by molar-refractivity contribution is 5.93. The summed E-state index contributed by atoms with van der Waals surface area (Å²) in [5, 5.41) is 7.49. The molecule has 1 aliphatic heterocycles. The molecule has 0 spiro atoms. The minimum absolute atomic E-state index is 0.0201. The third kappa shape index (κ3) is 4.99. The molecule has 1 N–H and O–H groups in total. The Bertz CT molecular complexity index is 859. The summed E-state index contributed by atoms with van der Waals surface area (Å²) in [4.78, 5) is 35.5. The fourth-order valence-corrected chi connectivity index (χ4v) is 3.55. The average molecular weight is 399 g/mol. The standard InChI is InChI=1S/C21H30N6O2/c1-5-27-19(9-17(25-27)14(2)3)21(29)26-8-6-7-16(13-26)11-24-20(28)18-12-22-15(4)10-23-18/h9-10,12,14,16H,5-8,11,13H2,1-4H3,(H,24,28). The minimum Gasteiger partial charge on any atom is -0.350 e. The van der Waals surface area contributed by atoms with Crippen molar-refractivity contribution in [3.05, 3.63) is 41.2 Å². The van der Waals surface area contributed by atoms with Crippen molar-refractivity contribution >= 4 is 11.8 Å². The summed E-state index contributed by atoms with van der Waals surface area (Å²) in [6.07, 6.45) is 4.97. The Morgan fingerprint density at radius 2 is 2.07 bits per heavy atom. The molecule has 3 rings (SSSR count). The summed E-state index contributed by atoms with van der Waals surface area (Å²) >= 11 is 0. The van der Waals surface area contributed by atoms with Gasteiger partial charge in [-0.2, -0.15) is 5.10 Å². The highest BCUT2D eigenvalue weighted by Crippen LogP contribution is 2.21. The van der Waals surface area contributed by atoms with E-state index in [0.717, 1.165) is 30.8 Å². The maximum absolute atomic E-state index is 13.1. The van der Waals surface area contributed by atoms with Crippen molar-refractivity contribution in [1.29, 1.82) is 0 Å². The molecule has 0 aromatic carbocycles. The molecule has 29 heavy (non-hydrogen) atoms. The van der Waals surface area contributed by atoms with Gasteiger partial charge in [-0.1, -0.05) is 13.8 Å². The number of nitrogens with one attached hydrogen (secondary N) is 1. The van der Waals surface area contributed by atoms with Crippen molar-refractivity contribution in [2.75, 3.05) is 19.6 Å². The van der Waals surface area contributed by atoms with E-state index in [-0.39, 0.29) is 23.7 Å². The predicted octanol–water partition coefficient (Wildman–Crippen LogP) is 2.41. The molecule has 1 aliphatic rings. The Morgan fingerprint density at radius 3 is 2.72 bits per heavy atom. The van der Waals surface area contributed by atoms with Gasteiger partial charge in [-0.15, -0.1) is 0 Å². The van der Waals surface area contributed by atoms with Gasteiger partial charge in [0.05, 0.1) is 17.6 Å². The van der Waals surface area contributed by atoms with Gasteiger partial charge in [0.25, 0.3) is 11.8 Å². The second-order valence-electron chi connectivity index (χ2n) is 7.94. The molecule has 2 aromatic rings. The highest BCUT2D eigenvalue weighted by Gasteiger charge is 2.27. The zero-order valence-corrected chi connectivity index (χ0v) is 17.7. The predicted molar refractivity (Wildman–Crippen MR) is 110 cm³/mol. The first-order valence-corrected chi connectivity index (χ1v) is 10.3. The number of aryl methyl sites for hydroxylation is 2. The molecule has 0 bridgehead atoms. The fraction of sp³-hybridized carbons (Fsp3) is 0.571. The summed E-state index contributed by atoms with van der Waals surface area (Å²) in [6, 6.07) is 1.91. The van der Waals surface area contributed by atoms with Gasteiger partial charge >= 0.3 is 0 Å². The normalized spacial score (nSPS) is 16.9. The molecule has 8 nitrogen and oxygen atoms in total. The Morgan fingerprint density at radius 1 is 1.28 bits per heavy atom. The molecule has 1 saturated heterocycles. The van der Waals surface area contributed by atoms with Gasteiger partial charge < -0.3 is 10.2 Å². The number of carbonyl (C=O) groups is 2. The first-order valence-electron chi connectivity index (χ1n) is 10.3. The van der Waals surface area contributed by atoms with Crippen LogP contribution in [0.25, 0.3) is 0 Å². The monoisotopic (exact) mass is 398 g/mol. The van der Waals surface area contributed by atoms with E-state index < -0.39 is 0 Å². The second kappa shape index (κ2) is 9.15. The van der Waals surface area contributed by atoms with Crippen LogP contribution in [0.2, 0.25) is 0 Å². The van der Waals surface area contributed by atoms with Crippen LogP contribution in [0.4, 0.5) is 0 Å². The lowest BCUT2D eigenvalue weighted by Gasteiger charge is -2.32. The molecule has 2 amide bonds. The summed E-state index contributed by atoms with van der Waals surface area (Å²) in [5.74, 6) is 0.291. The van der Waals surface area contributed by atoms with E-state index >= 15 is 0 Å². The van der Waals surface area contributed by atoms with E-state index in [1.165, 1.54) is 6.20 Å². The number of aromatic nitrogens is 4. The zero-order valence-electron chi connectivity index (χ0n) is 17.7. The Labute approximate surface area is 171 Å². The molecule has 8 heteroatoms. The molecule has 1 unspecified atom stereocenters. The topological polar surface area (TPSA) is 93.0 Å². The molecule has 1 atom stereocenters. The van der Waals surface area contributed by atoms with Crippen molar-refractivity contribution in [1.82, 2.24) is 30.0 Å². The van der Waals surface area contributed by atoms with Crippen molar-refractivity contribution in [3.63, 3.8) is 0 Å². The van der Waals surface area contributed by atoms with Crippen LogP contribution in [0.5, 0.6) is 0 Å². The summed E-state index contributed by atoms with van der Waals surface area (Å²) in [6.45, 7) is 10.5. The largest absolute Gasteiger partial charge is 0.350 e. The lowest BCUT2D eigenvalue weighted by molar-refractivity contribution is 0.0658. The number of rotatable bonds is 6. The van der Waals surface area contributed by atoms with Crippen molar-refractivity contribution in [2.45, 2.75) is 53.0 Å². The molecule has 3 heterocycles. The van der Waals surface area contributed by atoms with E-state index in [0.29, 0.717) is 31.0 Å². The van der Waals surface area contributed by atoms with Crippen molar-refractivity contribution in [2.24, 2.45) is 5.92 Å². The lowest BCUT2D eigenvalue weighted by atomic mass is 9.97. The molecule has 0 radical (unpaired) electrons. The number of amides is 2. The van der Waals surface area contributed by atoms with Gasteiger partial charge in [-0.05, 0) is 44.6 Å². The number of likely N-dealkylation sites (tertiary alicyclic amines) is 1. The van der Waals surface area contributed by atoms with Gasteiger partial charge in [0.1, 0.15) is 11.4 Å². The van der Waals surface area contributed by atoms with Crippen LogP contribution in [0, 0.1) is 12.8 Å². The maximum Gasteiger partial charge on any atom is 0.272 e. The molecule has 0 aliphatic carbocycles. The molecule has 2 aromatic heterocycles. The number of hydrogen-bond donors (Lipinski definition) is 1.